The second kappa shape index (κ2) is 6.28. The van der Waals surface area contributed by atoms with E-state index < -0.39 is 12.0 Å². The summed E-state index contributed by atoms with van der Waals surface area (Å²) in [5.74, 6) is 0.268. The van der Waals surface area contributed by atoms with Crippen LogP contribution in [0.1, 0.15) is 25.6 Å². The number of nitrogens with one attached hydrogen (secondary N) is 1. The minimum Gasteiger partial charge on any atom is -0.456 e. The molecule has 1 amide bonds. The van der Waals surface area contributed by atoms with Gasteiger partial charge in [-0.2, -0.15) is 0 Å². The van der Waals surface area contributed by atoms with Gasteiger partial charge in [-0.3, -0.25) is 9.59 Å². The van der Waals surface area contributed by atoms with E-state index in [9.17, 15) is 14.4 Å². The van der Waals surface area contributed by atoms with Crippen molar-refractivity contribution in [3.05, 3.63) is 39.4 Å². The van der Waals surface area contributed by atoms with Crippen molar-refractivity contribution in [2.45, 2.75) is 37.3 Å². The number of amides is 1. The van der Waals surface area contributed by atoms with Gasteiger partial charge in [0.2, 0.25) is 5.91 Å². The Hall–Kier alpha value is -2.06. The van der Waals surface area contributed by atoms with Crippen molar-refractivity contribution < 1.29 is 14.3 Å². The molecule has 9 heteroatoms. The third kappa shape index (κ3) is 2.87. The molecule has 2 fully saturated rings. The fourth-order valence-corrected chi connectivity index (χ4v) is 5.05. The summed E-state index contributed by atoms with van der Waals surface area (Å²) in [5.41, 5.74) is 0.130. The minimum atomic E-state index is -0.592. The van der Waals surface area contributed by atoms with Crippen molar-refractivity contribution in [3.63, 3.8) is 0 Å². The zero-order valence-corrected chi connectivity index (χ0v) is 15.5. The van der Waals surface area contributed by atoms with Crippen molar-refractivity contribution >= 4 is 46.1 Å². The van der Waals surface area contributed by atoms with Crippen LogP contribution >= 0.6 is 23.4 Å². The third-order valence-corrected chi connectivity index (χ3v) is 6.52. The van der Waals surface area contributed by atoms with Crippen LogP contribution in [0.3, 0.4) is 0 Å². The quantitative estimate of drug-likeness (QED) is 0.802. The topological polar surface area (TPSA) is 92.4 Å². The van der Waals surface area contributed by atoms with Crippen LogP contribution in [0.25, 0.3) is 10.9 Å². The van der Waals surface area contributed by atoms with Crippen LogP contribution in [0.15, 0.2) is 23.0 Å². The van der Waals surface area contributed by atoms with Crippen LogP contribution in [0, 0.1) is 0 Å². The summed E-state index contributed by atoms with van der Waals surface area (Å²) in [6.45, 7) is 1.82. The first kappa shape index (κ1) is 17.4. The molecule has 0 bridgehead atoms. The number of H-pyrrole nitrogens is 1. The first-order valence-corrected chi connectivity index (χ1v) is 9.55. The summed E-state index contributed by atoms with van der Waals surface area (Å²) < 4.78 is 5.34. The fourth-order valence-electron chi connectivity index (χ4n) is 3.46. The van der Waals surface area contributed by atoms with Crippen molar-refractivity contribution in [1.29, 1.82) is 0 Å². The molecule has 1 aromatic heterocycles. The number of fused-ring (bicyclic) bond motifs is 2. The molecular weight excluding hydrogens is 378 g/mol. The van der Waals surface area contributed by atoms with Gasteiger partial charge in [0, 0.05) is 17.2 Å². The number of carbonyl (C=O) groups is 2. The molecule has 1 aromatic carbocycles. The monoisotopic (exact) mass is 393 g/mol. The molecule has 0 spiro atoms. The van der Waals surface area contributed by atoms with E-state index in [4.69, 9.17) is 16.3 Å². The Morgan fingerprint density at radius 1 is 1.50 bits per heavy atom. The van der Waals surface area contributed by atoms with Crippen LogP contribution in [0.2, 0.25) is 5.02 Å². The van der Waals surface area contributed by atoms with E-state index in [1.807, 2.05) is 6.92 Å². The Labute approximate surface area is 158 Å². The summed E-state index contributed by atoms with van der Waals surface area (Å²) in [4.78, 5) is 44.9. The van der Waals surface area contributed by atoms with E-state index in [0.717, 1.165) is 6.42 Å². The number of carbonyl (C=O) groups excluding carboxylic acids is 2. The molecule has 1 N–H and O–H groups in total. The molecule has 136 valence electrons. The van der Waals surface area contributed by atoms with Gasteiger partial charge < -0.3 is 14.6 Å². The predicted octanol–water partition coefficient (Wildman–Crippen LogP) is 2.07. The summed E-state index contributed by atoms with van der Waals surface area (Å²) in [5, 5.41) is 0.819. The van der Waals surface area contributed by atoms with Crippen molar-refractivity contribution in [2.75, 3.05) is 5.75 Å². The number of ether oxygens (including phenoxy) is 1. The number of nitrogens with zero attached hydrogens (tertiary/aromatic N) is 2. The molecule has 2 atom stereocenters. The Balaban J connectivity index is 1.50. The average molecular weight is 394 g/mol. The number of thioether (sulfide) groups is 1. The van der Waals surface area contributed by atoms with Gasteiger partial charge in [-0.25, -0.2) is 9.78 Å². The maximum absolute atomic E-state index is 12.5. The fraction of sp³-hybridized carbons (Fsp3) is 0.412. The highest BCUT2D eigenvalue weighted by Gasteiger charge is 2.53. The summed E-state index contributed by atoms with van der Waals surface area (Å²) in [7, 11) is 0. The molecule has 3 heterocycles. The molecule has 0 unspecified atom stereocenters. The maximum Gasteiger partial charge on any atom is 0.330 e. The largest absolute Gasteiger partial charge is 0.456 e. The number of halogens is 1. The standard InChI is InChI=1S/C17H16ClN3O4S/c1-17-5-4-14(22)21(17)12(8-26-17)16(24)25-7-13-19-11-3-2-9(18)6-10(11)15(23)20-13/h2-3,6,12H,4-5,7-8H2,1H3,(H,19,20,23)/t12-,17+/m0/s1. The van der Waals surface area contributed by atoms with Crippen LogP contribution in [0.5, 0.6) is 0 Å². The number of hydrogen-bond acceptors (Lipinski definition) is 6. The van der Waals surface area contributed by atoms with E-state index in [-0.39, 0.29) is 28.8 Å². The zero-order chi connectivity index (χ0) is 18.5. The Kier molecular flexibility index (Phi) is 4.19. The van der Waals surface area contributed by atoms with Gasteiger partial charge in [-0.15, -0.1) is 11.8 Å². The minimum absolute atomic E-state index is 0.0198. The summed E-state index contributed by atoms with van der Waals surface area (Å²) in [6.07, 6.45) is 1.19. The van der Waals surface area contributed by atoms with Crippen LogP contribution < -0.4 is 5.56 Å². The molecule has 0 saturated carbocycles. The number of hydrogen-bond donors (Lipinski definition) is 1. The lowest BCUT2D eigenvalue weighted by molar-refractivity contribution is -0.154. The second-order valence-corrected chi connectivity index (χ2v) is 8.49. The van der Waals surface area contributed by atoms with E-state index in [2.05, 4.69) is 9.97 Å². The molecule has 7 nitrogen and oxygen atoms in total. The summed E-state index contributed by atoms with van der Waals surface area (Å²) >= 11 is 7.49. The molecule has 2 aliphatic heterocycles. The molecule has 4 rings (SSSR count). The van der Waals surface area contributed by atoms with E-state index in [1.54, 1.807) is 28.8 Å². The Bertz CT molecular complexity index is 978. The maximum atomic E-state index is 12.5. The Morgan fingerprint density at radius 3 is 3.12 bits per heavy atom. The van der Waals surface area contributed by atoms with E-state index >= 15 is 0 Å². The molecular formula is C17H16ClN3O4S. The molecule has 2 aliphatic rings. The summed E-state index contributed by atoms with van der Waals surface area (Å²) in [6, 6.07) is 4.22. The number of benzene rings is 1. The lowest BCUT2D eigenvalue weighted by Gasteiger charge is -2.29. The highest BCUT2D eigenvalue weighted by atomic mass is 35.5. The smallest absolute Gasteiger partial charge is 0.330 e. The van der Waals surface area contributed by atoms with Gasteiger partial charge in [0.05, 0.1) is 15.8 Å². The number of rotatable bonds is 3. The zero-order valence-electron chi connectivity index (χ0n) is 14.0. The lowest BCUT2D eigenvalue weighted by Crippen LogP contribution is -2.46. The van der Waals surface area contributed by atoms with Gasteiger partial charge in [-0.05, 0) is 31.5 Å². The third-order valence-electron chi connectivity index (χ3n) is 4.78. The molecule has 0 radical (unpaired) electrons. The average Bonchev–Trinajstić information content (AvgIpc) is 3.10. The van der Waals surface area contributed by atoms with Crippen molar-refractivity contribution in [2.24, 2.45) is 0 Å². The van der Waals surface area contributed by atoms with Crippen molar-refractivity contribution in [1.82, 2.24) is 14.9 Å². The van der Waals surface area contributed by atoms with Gasteiger partial charge >= 0.3 is 5.97 Å². The van der Waals surface area contributed by atoms with Crippen LogP contribution in [0.4, 0.5) is 0 Å². The molecule has 2 saturated heterocycles. The van der Waals surface area contributed by atoms with Crippen LogP contribution in [-0.2, 0) is 20.9 Å². The van der Waals surface area contributed by atoms with Gasteiger partial charge in [-0.1, -0.05) is 11.6 Å². The van der Waals surface area contributed by atoms with Gasteiger partial charge in [0.25, 0.3) is 5.56 Å². The highest BCUT2D eigenvalue weighted by molar-refractivity contribution is 8.01. The molecule has 2 aromatic rings. The number of aromatic amines is 1. The first-order valence-electron chi connectivity index (χ1n) is 8.19. The van der Waals surface area contributed by atoms with Gasteiger partial charge in [0.1, 0.15) is 18.5 Å². The lowest BCUT2D eigenvalue weighted by atomic mass is 10.2. The van der Waals surface area contributed by atoms with E-state index in [1.165, 1.54) is 6.07 Å². The first-order chi connectivity index (χ1) is 12.4. The molecule has 0 aliphatic carbocycles. The van der Waals surface area contributed by atoms with Crippen molar-refractivity contribution in [3.8, 4) is 0 Å². The number of aromatic nitrogens is 2. The normalized spacial score (nSPS) is 24.9. The SMILES string of the molecule is C[C@@]12CCC(=O)N1[C@H](C(=O)OCc1nc3ccc(Cl)cc3c(=O)[nH]1)CS2. The predicted molar refractivity (Wildman–Crippen MR) is 97.9 cm³/mol. The Morgan fingerprint density at radius 2 is 2.31 bits per heavy atom. The van der Waals surface area contributed by atoms with Crippen LogP contribution in [-0.4, -0.2) is 43.4 Å². The highest BCUT2D eigenvalue weighted by Crippen LogP contribution is 2.47. The van der Waals surface area contributed by atoms with Gasteiger partial charge in [0.15, 0.2) is 0 Å². The number of esters is 1. The molecule has 26 heavy (non-hydrogen) atoms. The second-order valence-electron chi connectivity index (χ2n) is 6.55. The van der Waals surface area contributed by atoms with E-state index in [0.29, 0.717) is 28.1 Å².